The lowest BCUT2D eigenvalue weighted by molar-refractivity contribution is -0.129. The summed E-state index contributed by atoms with van der Waals surface area (Å²) in [5, 5.41) is 0.886. The summed E-state index contributed by atoms with van der Waals surface area (Å²) in [6, 6.07) is 6.37. The number of likely N-dealkylation sites (N-methyl/N-ethyl adjacent to an activating group) is 1. The van der Waals surface area contributed by atoms with Gasteiger partial charge in [0.05, 0.1) is 5.52 Å². The van der Waals surface area contributed by atoms with Crippen LogP contribution in [-0.2, 0) is 4.79 Å². The van der Waals surface area contributed by atoms with Gasteiger partial charge in [-0.15, -0.1) is 0 Å². The molecule has 1 aromatic carbocycles. The zero-order chi connectivity index (χ0) is 15.0. The molecular weight excluding hydrogens is 269 g/mol. The Morgan fingerprint density at radius 2 is 2.19 bits per heavy atom. The SMILES string of the molecule is CN(C)C(=O)C1CCCN1c1ccnc2cc(F)ccc12. The fourth-order valence-electron chi connectivity index (χ4n) is 2.97. The van der Waals surface area contributed by atoms with E-state index < -0.39 is 0 Å². The Morgan fingerprint density at radius 3 is 2.95 bits per heavy atom. The Morgan fingerprint density at radius 1 is 1.38 bits per heavy atom. The van der Waals surface area contributed by atoms with Crippen LogP contribution in [0.15, 0.2) is 30.5 Å². The summed E-state index contributed by atoms with van der Waals surface area (Å²) in [4.78, 5) is 20.3. The summed E-state index contributed by atoms with van der Waals surface area (Å²) in [5.41, 5.74) is 1.58. The second-order valence-corrected chi connectivity index (χ2v) is 5.58. The van der Waals surface area contributed by atoms with E-state index in [1.807, 2.05) is 6.07 Å². The van der Waals surface area contributed by atoms with Crippen molar-refractivity contribution >= 4 is 22.5 Å². The van der Waals surface area contributed by atoms with E-state index in [0.717, 1.165) is 30.5 Å². The van der Waals surface area contributed by atoms with Crippen molar-refractivity contribution in [3.05, 3.63) is 36.3 Å². The number of carbonyl (C=O) groups is 1. The predicted molar refractivity (Wildman–Crippen MR) is 80.8 cm³/mol. The summed E-state index contributed by atoms with van der Waals surface area (Å²) in [6.45, 7) is 0.834. The van der Waals surface area contributed by atoms with Gasteiger partial charge in [0.1, 0.15) is 11.9 Å². The number of hydrogen-bond donors (Lipinski definition) is 0. The molecule has 21 heavy (non-hydrogen) atoms. The highest BCUT2D eigenvalue weighted by Gasteiger charge is 2.32. The summed E-state index contributed by atoms with van der Waals surface area (Å²) in [7, 11) is 3.55. The number of halogens is 1. The van der Waals surface area contributed by atoms with Crippen molar-refractivity contribution < 1.29 is 9.18 Å². The molecule has 0 bridgehead atoms. The van der Waals surface area contributed by atoms with Crippen LogP contribution in [0.1, 0.15) is 12.8 Å². The highest BCUT2D eigenvalue weighted by atomic mass is 19.1. The fourth-order valence-corrected chi connectivity index (χ4v) is 2.97. The van der Waals surface area contributed by atoms with E-state index in [0.29, 0.717) is 5.52 Å². The molecule has 1 aliphatic heterocycles. The van der Waals surface area contributed by atoms with Crippen LogP contribution in [0.2, 0.25) is 0 Å². The van der Waals surface area contributed by atoms with Gasteiger partial charge in [-0.3, -0.25) is 9.78 Å². The van der Waals surface area contributed by atoms with E-state index >= 15 is 0 Å². The number of amides is 1. The topological polar surface area (TPSA) is 36.4 Å². The fraction of sp³-hybridized carbons (Fsp3) is 0.375. The van der Waals surface area contributed by atoms with Gasteiger partial charge in [-0.05, 0) is 31.0 Å². The molecule has 1 fully saturated rings. The van der Waals surface area contributed by atoms with E-state index in [2.05, 4.69) is 9.88 Å². The van der Waals surface area contributed by atoms with Gasteiger partial charge in [0.2, 0.25) is 5.91 Å². The first-order valence-electron chi connectivity index (χ1n) is 7.10. The molecule has 2 aromatic rings. The quantitative estimate of drug-likeness (QED) is 0.851. The number of rotatable bonds is 2. The van der Waals surface area contributed by atoms with Gasteiger partial charge in [0.25, 0.3) is 0 Å². The van der Waals surface area contributed by atoms with Crippen LogP contribution in [0.5, 0.6) is 0 Å². The van der Waals surface area contributed by atoms with E-state index in [-0.39, 0.29) is 17.8 Å². The van der Waals surface area contributed by atoms with Gasteiger partial charge in [-0.25, -0.2) is 4.39 Å². The van der Waals surface area contributed by atoms with Crippen LogP contribution in [0.4, 0.5) is 10.1 Å². The molecule has 0 N–H and O–H groups in total. The average Bonchev–Trinajstić information content (AvgIpc) is 2.94. The Bertz CT molecular complexity index is 686. The molecule has 1 atom stereocenters. The monoisotopic (exact) mass is 287 g/mol. The molecule has 4 nitrogen and oxygen atoms in total. The first-order valence-corrected chi connectivity index (χ1v) is 7.10. The van der Waals surface area contributed by atoms with Crippen molar-refractivity contribution in [3.8, 4) is 0 Å². The molecule has 1 aliphatic rings. The maximum absolute atomic E-state index is 13.3. The number of carbonyl (C=O) groups excluding carboxylic acids is 1. The number of pyridine rings is 1. The van der Waals surface area contributed by atoms with Crippen LogP contribution in [0.3, 0.4) is 0 Å². The second-order valence-electron chi connectivity index (χ2n) is 5.58. The summed E-state index contributed by atoms with van der Waals surface area (Å²) in [5.74, 6) is -0.186. The number of aromatic nitrogens is 1. The van der Waals surface area contributed by atoms with E-state index in [4.69, 9.17) is 0 Å². The predicted octanol–water partition coefficient (Wildman–Crippen LogP) is 2.43. The molecule has 0 spiro atoms. The largest absolute Gasteiger partial charge is 0.359 e. The number of hydrogen-bond acceptors (Lipinski definition) is 3. The Balaban J connectivity index is 2.05. The molecule has 1 amide bonds. The zero-order valence-corrected chi connectivity index (χ0v) is 12.2. The van der Waals surface area contributed by atoms with Crippen molar-refractivity contribution in [2.45, 2.75) is 18.9 Å². The molecule has 0 radical (unpaired) electrons. The molecule has 0 saturated carbocycles. The zero-order valence-electron chi connectivity index (χ0n) is 12.2. The van der Waals surface area contributed by atoms with E-state index in [1.165, 1.54) is 12.1 Å². The van der Waals surface area contributed by atoms with E-state index in [1.54, 1.807) is 31.3 Å². The maximum Gasteiger partial charge on any atom is 0.244 e. The third kappa shape index (κ3) is 2.44. The summed E-state index contributed by atoms with van der Waals surface area (Å²) >= 11 is 0. The number of benzene rings is 1. The normalized spacial score (nSPS) is 18.2. The minimum atomic E-state index is -0.297. The minimum absolute atomic E-state index is 0.111. The van der Waals surface area contributed by atoms with Crippen LogP contribution in [-0.4, -0.2) is 42.5 Å². The first kappa shape index (κ1) is 13.8. The number of fused-ring (bicyclic) bond motifs is 1. The van der Waals surface area contributed by atoms with Crippen molar-refractivity contribution in [2.75, 3.05) is 25.5 Å². The minimum Gasteiger partial charge on any atom is -0.359 e. The lowest BCUT2D eigenvalue weighted by atomic mass is 10.1. The molecule has 5 heteroatoms. The molecule has 1 aromatic heterocycles. The Hall–Kier alpha value is -2.17. The summed E-state index contributed by atoms with van der Waals surface area (Å²) in [6.07, 6.45) is 3.50. The van der Waals surface area contributed by atoms with Gasteiger partial charge in [0.15, 0.2) is 0 Å². The Kier molecular flexibility index (Phi) is 3.49. The molecule has 1 saturated heterocycles. The maximum atomic E-state index is 13.3. The van der Waals surface area contributed by atoms with E-state index in [9.17, 15) is 9.18 Å². The average molecular weight is 287 g/mol. The third-order valence-corrected chi connectivity index (χ3v) is 3.97. The molecular formula is C16H18FN3O. The van der Waals surface area contributed by atoms with Crippen molar-refractivity contribution in [2.24, 2.45) is 0 Å². The van der Waals surface area contributed by atoms with Crippen molar-refractivity contribution in [1.82, 2.24) is 9.88 Å². The van der Waals surface area contributed by atoms with Crippen LogP contribution < -0.4 is 4.90 Å². The molecule has 1 unspecified atom stereocenters. The van der Waals surface area contributed by atoms with Crippen molar-refractivity contribution in [3.63, 3.8) is 0 Å². The highest BCUT2D eigenvalue weighted by molar-refractivity contribution is 5.95. The highest BCUT2D eigenvalue weighted by Crippen LogP contribution is 2.32. The van der Waals surface area contributed by atoms with Crippen LogP contribution in [0, 0.1) is 5.82 Å². The standard InChI is InChI=1S/C16H18FN3O/c1-19(2)16(21)15-4-3-9-20(15)14-7-8-18-13-10-11(17)5-6-12(13)14/h5-8,10,15H,3-4,9H2,1-2H3. The summed E-state index contributed by atoms with van der Waals surface area (Å²) < 4.78 is 13.3. The van der Waals surface area contributed by atoms with Crippen LogP contribution >= 0.6 is 0 Å². The smallest absolute Gasteiger partial charge is 0.244 e. The van der Waals surface area contributed by atoms with Gasteiger partial charge in [-0.2, -0.15) is 0 Å². The van der Waals surface area contributed by atoms with Gasteiger partial charge < -0.3 is 9.80 Å². The molecule has 110 valence electrons. The molecule has 2 heterocycles. The number of anilines is 1. The first-order chi connectivity index (χ1) is 10.1. The van der Waals surface area contributed by atoms with Crippen molar-refractivity contribution in [1.29, 1.82) is 0 Å². The molecule has 0 aliphatic carbocycles. The lowest BCUT2D eigenvalue weighted by Gasteiger charge is -2.28. The second kappa shape index (κ2) is 5.31. The third-order valence-electron chi connectivity index (χ3n) is 3.97. The van der Waals surface area contributed by atoms with Gasteiger partial charge in [0, 0.05) is 44.0 Å². The lowest BCUT2D eigenvalue weighted by Crippen LogP contribution is -2.42. The molecule has 3 rings (SSSR count). The van der Waals surface area contributed by atoms with Gasteiger partial charge in [-0.1, -0.05) is 0 Å². The van der Waals surface area contributed by atoms with Crippen LogP contribution in [0.25, 0.3) is 10.9 Å². The number of nitrogens with zero attached hydrogens (tertiary/aromatic N) is 3. The van der Waals surface area contributed by atoms with Gasteiger partial charge >= 0.3 is 0 Å². The Labute approximate surface area is 123 Å².